The molecule has 0 atom stereocenters. The zero-order valence-corrected chi connectivity index (χ0v) is 20.4. The van der Waals surface area contributed by atoms with E-state index in [0.29, 0.717) is 8.95 Å². The Morgan fingerprint density at radius 2 is 0.964 bits per heavy atom. The summed E-state index contributed by atoms with van der Waals surface area (Å²) in [5.74, 6) is 0. The van der Waals surface area contributed by atoms with Gasteiger partial charge in [0.15, 0.2) is 0 Å². The second kappa shape index (κ2) is 9.43. The molecule has 28 heavy (non-hydrogen) atoms. The highest BCUT2D eigenvalue weighted by Crippen LogP contribution is 2.33. The molecule has 2 N–H and O–H groups in total. The molecule has 0 spiro atoms. The van der Waals surface area contributed by atoms with Crippen LogP contribution >= 0.6 is 31.9 Å². The Morgan fingerprint density at radius 1 is 0.643 bits per heavy atom. The van der Waals surface area contributed by atoms with Gasteiger partial charge in [0, 0.05) is 21.0 Å². The van der Waals surface area contributed by atoms with Crippen LogP contribution in [0.15, 0.2) is 30.9 Å². The van der Waals surface area contributed by atoms with Gasteiger partial charge in [-0.1, -0.05) is 38.5 Å². The van der Waals surface area contributed by atoms with Gasteiger partial charge in [-0.25, -0.2) is 26.3 Å². The summed E-state index contributed by atoms with van der Waals surface area (Å²) in [6.45, 7) is 0. The summed E-state index contributed by atoms with van der Waals surface area (Å²) < 4.78 is 58.8. The first-order valence-corrected chi connectivity index (χ1v) is 14.3. The van der Waals surface area contributed by atoms with E-state index in [1.807, 2.05) is 0 Å². The molecule has 3 rings (SSSR count). The summed E-state index contributed by atoms with van der Waals surface area (Å²) in [6, 6.07) is 2.43. The van der Waals surface area contributed by atoms with E-state index in [4.69, 9.17) is 0 Å². The highest BCUT2D eigenvalue weighted by Gasteiger charge is 2.31. The third kappa shape index (κ3) is 5.57. The van der Waals surface area contributed by atoms with Crippen LogP contribution in [0.4, 0.5) is 0 Å². The predicted octanol–water partition coefficient (Wildman–Crippen LogP) is 4.43. The second-order valence-corrected chi connectivity index (χ2v) is 12.7. The topological polar surface area (TPSA) is 92.3 Å². The second-order valence-electron chi connectivity index (χ2n) is 7.63. The summed E-state index contributed by atoms with van der Waals surface area (Å²) in [5, 5.41) is 0. The molecule has 2 aliphatic carbocycles. The number of halogens is 2. The summed E-state index contributed by atoms with van der Waals surface area (Å²) >= 11 is 6.62. The van der Waals surface area contributed by atoms with Crippen molar-refractivity contribution in [3.05, 3.63) is 21.1 Å². The van der Waals surface area contributed by atoms with Crippen molar-refractivity contribution in [3.8, 4) is 0 Å². The monoisotopic (exact) mass is 556 g/mol. The van der Waals surface area contributed by atoms with Gasteiger partial charge in [0.25, 0.3) is 0 Å². The van der Waals surface area contributed by atoms with Crippen LogP contribution in [0.5, 0.6) is 0 Å². The van der Waals surface area contributed by atoms with Crippen molar-refractivity contribution in [2.45, 2.75) is 86.1 Å². The van der Waals surface area contributed by atoms with Crippen LogP contribution in [0.2, 0.25) is 0 Å². The Kier molecular flexibility index (Phi) is 7.64. The first-order valence-electron chi connectivity index (χ1n) is 9.73. The smallest absolute Gasteiger partial charge is 0.208 e. The van der Waals surface area contributed by atoms with Crippen LogP contribution in [0.1, 0.15) is 64.2 Å². The van der Waals surface area contributed by atoms with Crippen LogP contribution in [0, 0.1) is 0 Å². The zero-order chi connectivity index (χ0) is 20.4. The van der Waals surface area contributed by atoms with Crippen molar-refractivity contribution in [2.24, 2.45) is 0 Å². The summed E-state index contributed by atoms with van der Waals surface area (Å²) in [6.07, 6.45) is 9.23. The molecule has 0 heterocycles. The molecule has 1 aromatic carbocycles. The lowest BCUT2D eigenvalue weighted by Crippen LogP contribution is -2.39. The molecular formula is C18H26Br2N2O4S2. The van der Waals surface area contributed by atoms with Crippen LogP contribution in [0.25, 0.3) is 0 Å². The molecule has 0 aromatic heterocycles. The SMILES string of the molecule is O=S(=O)(NC1CCCCC1)c1cc(Br)c(Br)cc1S(=O)(=O)NC1CCCCC1. The van der Waals surface area contributed by atoms with E-state index in [9.17, 15) is 16.8 Å². The van der Waals surface area contributed by atoms with Crippen LogP contribution in [0.3, 0.4) is 0 Å². The Balaban J connectivity index is 1.95. The van der Waals surface area contributed by atoms with Crippen molar-refractivity contribution in [2.75, 3.05) is 0 Å². The van der Waals surface area contributed by atoms with E-state index >= 15 is 0 Å². The van der Waals surface area contributed by atoms with Crippen molar-refractivity contribution in [1.29, 1.82) is 0 Å². The van der Waals surface area contributed by atoms with Gasteiger partial charge in [0.2, 0.25) is 20.0 Å². The number of sulfonamides is 2. The van der Waals surface area contributed by atoms with Gasteiger partial charge in [-0.15, -0.1) is 0 Å². The van der Waals surface area contributed by atoms with Gasteiger partial charge in [-0.3, -0.25) is 0 Å². The molecule has 158 valence electrons. The van der Waals surface area contributed by atoms with E-state index in [0.717, 1.165) is 64.2 Å². The third-order valence-corrected chi connectivity index (χ3v) is 10.5. The molecule has 10 heteroatoms. The minimum Gasteiger partial charge on any atom is -0.208 e. The van der Waals surface area contributed by atoms with E-state index in [2.05, 4.69) is 41.3 Å². The highest BCUT2D eigenvalue weighted by atomic mass is 79.9. The van der Waals surface area contributed by atoms with Gasteiger partial charge >= 0.3 is 0 Å². The lowest BCUT2D eigenvalue weighted by Gasteiger charge is -2.25. The Labute approximate surface area is 184 Å². The number of benzene rings is 1. The molecule has 0 bridgehead atoms. The largest absolute Gasteiger partial charge is 0.242 e. The maximum absolute atomic E-state index is 13.1. The molecule has 2 fully saturated rings. The highest BCUT2D eigenvalue weighted by molar-refractivity contribution is 9.13. The minimum absolute atomic E-state index is 0.150. The van der Waals surface area contributed by atoms with Crippen LogP contribution in [-0.2, 0) is 20.0 Å². The average Bonchev–Trinajstić information content (AvgIpc) is 2.64. The first-order chi connectivity index (χ1) is 13.2. The number of rotatable bonds is 6. The van der Waals surface area contributed by atoms with Crippen LogP contribution < -0.4 is 9.44 Å². The molecule has 1 aromatic rings. The molecular weight excluding hydrogens is 532 g/mol. The fraction of sp³-hybridized carbons (Fsp3) is 0.667. The number of hydrogen-bond donors (Lipinski definition) is 2. The average molecular weight is 558 g/mol. The van der Waals surface area contributed by atoms with Gasteiger partial charge in [0.05, 0.1) is 0 Å². The summed E-state index contributed by atoms with van der Waals surface area (Å²) in [7, 11) is -7.95. The third-order valence-electron chi connectivity index (χ3n) is 5.42. The molecule has 0 saturated heterocycles. The van der Waals surface area contributed by atoms with Gasteiger partial charge in [-0.05, 0) is 69.7 Å². The van der Waals surface area contributed by atoms with E-state index < -0.39 is 20.0 Å². The molecule has 0 radical (unpaired) electrons. The molecule has 0 unspecified atom stereocenters. The normalized spacial score (nSPS) is 20.4. The summed E-state index contributed by atoms with van der Waals surface area (Å²) in [4.78, 5) is -0.423. The summed E-state index contributed by atoms with van der Waals surface area (Å²) in [5.41, 5.74) is 0. The van der Waals surface area contributed by atoms with Crippen molar-refractivity contribution in [3.63, 3.8) is 0 Å². The predicted molar refractivity (Wildman–Crippen MR) is 116 cm³/mol. The van der Waals surface area contributed by atoms with Crippen molar-refractivity contribution < 1.29 is 16.8 Å². The van der Waals surface area contributed by atoms with E-state index in [-0.39, 0.29) is 21.9 Å². The quantitative estimate of drug-likeness (QED) is 0.541. The molecule has 2 saturated carbocycles. The van der Waals surface area contributed by atoms with Crippen LogP contribution in [-0.4, -0.2) is 28.9 Å². The number of hydrogen-bond acceptors (Lipinski definition) is 4. The molecule has 0 aliphatic heterocycles. The standard InChI is InChI=1S/C18H26Br2N2O4S2/c19-15-11-17(27(23,24)21-13-7-3-1-4-8-13)18(12-16(15)20)28(25,26)22-14-9-5-2-6-10-14/h11-14,21-22H,1-10H2. The molecule has 2 aliphatic rings. The van der Waals surface area contributed by atoms with E-state index in [1.165, 1.54) is 12.1 Å². The number of nitrogens with one attached hydrogen (secondary N) is 2. The zero-order valence-electron chi connectivity index (χ0n) is 15.6. The van der Waals surface area contributed by atoms with Gasteiger partial charge in [0.1, 0.15) is 9.79 Å². The Bertz CT molecular complexity index is 833. The van der Waals surface area contributed by atoms with Crippen molar-refractivity contribution in [1.82, 2.24) is 9.44 Å². The Hall–Kier alpha value is -0.000000000000000187. The maximum Gasteiger partial charge on any atom is 0.242 e. The van der Waals surface area contributed by atoms with Gasteiger partial charge < -0.3 is 0 Å². The maximum atomic E-state index is 13.1. The fourth-order valence-corrected chi connectivity index (χ4v) is 8.38. The lowest BCUT2D eigenvalue weighted by molar-refractivity contribution is 0.409. The van der Waals surface area contributed by atoms with Gasteiger partial charge in [-0.2, -0.15) is 0 Å². The lowest BCUT2D eigenvalue weighted by atomic mass is 9.96. The molecule has 6 nitrogen and oxygen atoms in total. The first kappa shape index (κ1) is 22.7. The molecule has 0 amide bonds. The van der Waals surface area contributed by atoms with Crippen molar-refractivity contribution >= 4 is 51.9 Å². The fourth-order valence-electron chi connectivity index (χ4n) is 3.94. The van der Waals surface area contributed by atoms with E-state index in [1.54, 1.807) is 0 Å². The minimum atomic E-state index is -3.97. The Morgan fingerprint density at radius 3 is 1.29 bits per heavy atom.